The molecule has 0 saturated heterocycles. The lowest BCUT2D eigenvalue weighted by Crippen LogP contribution is -2.26. The minimum Gasteiger partial charge on any atom is -0.443 e. The van der Waals surface area contributed by atoms with Crippen LogP contribution in [0.5, 0.6) is 0 Å². The number of hydrogen-bond donors (Lipinski definition) is 2. The number of fused-ring (bicyclic) bond motifs is 1. The van der Waals surface area contributed by atoms with Gasteiger partial charge in [0.15, 0.2) is 5.82 Å². The number of nitrogens with zero attached hydrogens (tertiary/aromatic N) is 2. The number of nitrogens with one attached hydrogen (secondary N) is 1. The molecule has 2 aromatic heterocycles. The number of halogens is 1. The van der Waals surface area contributed by atoms with Gasteiger partial charge in [-0.1, -0.05) is 6.07 Å². The minimum absolute atomic E-state index is 0.417. The largest absolute Gasteiger partial charge is 0.443 e. The Morgan fingerprint density at radius 1 is 1.24 bits per heavy atom. The Kier molecular flexibility index (Phi) is 4.43. The van der Waals surface area contributed by atoms with Crippen LogP contribution in [0.4, 0.5) is 22.0 Å². The van der Waals surface area contributed by atoms with E-state index in [4.69, 9.17) is 10.5 Å². The van der Waals surface area contributed by atoms with Gasteiger partial charge in [-0.25, -0.2) is 9.78 Å². The summed E-state index contributed by atoms with van der Waals surface area (Å²) in [5.41, 5.74) is 7.44. The van der Waals surface area contributed by atoms with Gasteiger partial charge < -0.3 is 15.8 Å². The van der Waals surface area contributed by atoms with Crippen molar-refractivity contribution in [1.29, 1.82) is 0 Å². The molecule has 7 heteroatoms. The number of anilines is 3. The van der Waals surface area contributed by atoms with Crippen LogP contribution in [0, 0.1) is 0 Å². The second-order valence-electron chi connectivity index (χ2n) is 6.64. The van der Waals surface area contributed by atoms with Crippen molar-refractivity contribution in [3.63, 3.8) is 0 Å². The van der Waals surface area contributed by atoms with E-state index in [1.54, 1.807) is 18.3 Å². The number of aromatic nitrogens is 2. The van der Waals surface area contributed by atoms with Crippen molar-refractivity contribution in [3.05, 3.63) is 47.2 Å². The fourth-order valence-electron chi connectivity index (χ4n) is 2.36. The summed E-state index contributed by atoms with van der Waals surface area (Å²) in [5.74, 6) is 0.545. The number of carbonyl (C=O) groups is 1. The molecular weight excluding hydrogens is 384 g/mol. The van der Waals surface area contributed by atoms with E-state index in [0.717, 1.165) is 16.6 Å². The number of carbonyl (C=O) groups excluding carboxylic acids is 1. The van der Waals surface area contributed by atoms with Crippen LogP contribution in [0.1, 0.15) is 20.8 Å². The second kappa shape index (κ2) is 6.40. The Morgan fingerprint density at radius 2 is 2.00 bits per heavy atom. The van der Waals surface area contributed by atoms with E-state index in [0.29, 0.717) is 16.1 Å². The number of nitrogens with two attached hydrogens (primary N) is 1. The lowest BCUT2D eigenvalue weighted by Gasteiger charge is -2.19. The lowest BCUT2D eigenvalue weighted by atomic mass is 10.2. The highest BCUT2D eigenvalue weighted by Gasteiger charge is 2.19. The molecule has 0 spiro atoms. The molecule has 0 radical (unpaired) electrons. The van der Waals surface area contributed by atoms with Crippen LogP contribution in [0.25, 0.3) is 10.9 Å². The summed E-state index contributed by atoms with van der Waals surface area (Å²) < 4.78 is 7.62. The Labute approximate surface area is 154 Å². The number of benzene rings is 1. The fraction of sp³-hybridized carbons (Fsp3) is 0.222. The Balaban J connectivity index is 1.95. The van der Waals surface area contributed by atoms with Gasteiger partial charge in [-0.2, -0.15) is 0 Å². The van der Waals surface area contributed by atoms with Gasteiger partial charge in [-0.05, 0) is 67.0 Å². The topological polar surface area (TPSA) is 82.2 Å². The van der Waals surface area contributed by atoms with Gasteiger partial charge in [0.2, 0.25) is 0 Å². The maximum atomic E-state index is 12.4. The SMILES string of the molecule is CC(C)(C)OC(=O)n1ccc2ccc(Nc3nc(Br)ccc3N)cc21. The minimum atomic E-state index is -0.557. The third-order valence-corrected chi connectivity index (χ3v) is 3.88. The van der Waals surface area contributed by atoms with Gasteiger partial charge in [-0.3, -0.25) is 4.57 Å². The Morgan fingerprint density at radius 3 is 2.72 bits per heavy atom. The van der Waals surface area contributed by atoms with Crippen molar-refractivity contribution in [2.24, 2.45) is 0 Å². The van der Waals surface area contributed by atoms with Gasteiger partial charge in [0.25, 0.3) is 0 Å². The van der Waals surface area contributed by atoms with E-state index in [1.165, 1.54) is 4.57 Å². The summed E-state index contributed by atoms with van der Waals surface area (Å²) in [6.07, 6.45) is 1.29. The van der Waals surface area contributed by atoms with Crippen molar-refractivity contribution < 1.29 is 9.53 Å². The molecule has 0 saturated carbocycles. The van der Waals surface area contributed by atoms with Crippen LogP contribution < -0.4 is 11.1 Å². The molecule has 2 heterocycles. The highest BCUT2D eigenvalue weighted by atomic mass is 79.9. The molecule has 3 N–H and O–H groups in total. The summed E-state index contributed by atoms with van der Waals surface area (Å²) in [5, 5.41) is 4.11. The van der Waals surface area contributed by atoms with E-state index in [1.807, 2.05) is 45.0 Å². The molecular formula is C18H19BrN4O2. The molecule has 3 aromatic rings. The van der Waals surface area contributed by atoms with Gasteiger partial charge >= 0.3 is 6.09 Å². The third kappa shape index (κ3) is 3.93. The number of hydrogen-bond acceptors (Lipinski definition) is 5. The summed E-state index contributed by atoms with van der Waals surface area (Å²) in [6.45, 7) is 5.52. The second-order valence-corrected chi connectivity index (χ2v) is 7.45. The Bertz CT molecular complexity index is 944. The zero-order valence-electron chi connectivity index (χ0n) is 14.2. The van der Waals surface area contributed by atoms with Crippen LogP contribution in [0.15, 0.2) is 47.2 Å². The van der Waals surface area contributed by atoms with Crippen LogP contribution in [-0.2, 0) is 4.74 Å². The maximum Gasteiger partial charge on any atom is 0.418 e. The first-order valence-electron chi connectivity index (χ1n) is 7.76. The zero-order valence-corrected chi connectivity index (χ0v) is 15.8. The van der Waals surface area contributed by atoms with Gasteiger partial charge in [-0.15, -0.1) is 0 Å². The zero-order chi connectivity index (χ0) is 18.2. The lowest BCUT2D eigenvalue weighted by molar-refractivity contribution is 0.0544. The molecule has 130 valence electrons. The van der Waals surface area contributed by atoms with Gasteiger partial charge in [0, 0.05) is 17.3 Å². The van der Waals surface area contributed by atoms with E-state index in [2.05, 4.69) is 26.2 Å². The number of pyridine rings is 1. The number of ether oxygens (including phenoxy) is 1. The highest BCUT2D eigenvalue weighted by Crippen LogP contribution is 2.26. The quantitative estimate of drug-likeness (QED) is 0.595. The average Bonchev–Trinajstić information content (AvgIpc) is 2.92. The van der Waals surface area contributed by atoms with Crippen molar-refractivity contribution in [2.75, 3.05) is 11.1 Å². The molecule has 3 rings (SSSR count). The summed E-state index contributed by atoms with van der Waals surface area (Å²) >= 11 is 3.33. The predicted molar refractivity (Wildman–Crippen MR) is 103 cm³/mol. The van der Waals surface area contributed by atoms with E-state index >= 15 is 0 Å². The van der Waals surface area contributed by atoms with Gasteiger partial charge in [0.05, 0.1) is 11.2 Å². The van der Waals surface area contributed by atoms with E-state index < -0.39 is 11.7 Å². The summed E-state index contributed by atoms with van der Waals surface area (Å²) in [7, 11) is 0. The summed E-state index contributed by atoms with van der Waals surface area (Å²) in [4.78, 5) is 16.7. The van der Waals surface area contributed by atoms with Crippen LogP contribution in [-0.4, -0.2) is 21.2 Å². The molecule has 1 aromatic carbocycles. The van der Waals surface area contributed by atoms with E-state index in [9.17, 15) is 4.79 Å². The van der Waals surface area contributed by atoms with Crippen LogP contribution in [0.3, 0.4) is 0 Å². The molecule has 25 heavy (non-hydrogen) atoms. The summed E-state index contributed by atoms with van der Waals surface area (Å²) in [6, 6.07) is 11.1. The molecule has 0 aliphatic heterocycles. The molecule has 0 unspecified atom stereocenters. The van der Waals surface area contributed by atoms with Crippen molar-refractivity contribution in [2.45, 2.75) is 26.4 Å². The van der Waals surface area contributed by atoms with E-state index in [-0.39, 0.29) is 0 Å². The average molecular weight is 403 g/mol. The van der Waals surface area contributed by atoms with Crippen LogP contribution >= 0.6 is 15.9 Å². The molecule has 0 atom stereocenters. The van der Waals surface area contributed by atoms with Crippen molar-refractivity contribution in [1.82, 2.24) is 9.55 Å². The Hall–Kier alpha value is -2.54. The van der Waals surface area contributed by atoms with Crippen LogP contribution in [0.2, 0.25) is 0 Å². The smallest absolute Gasteiger partial charge is 0.418 e. The third-order valence-electron chi connectivity index (χ3n) is 3.44. The first-order valence-corrected chi connectivity index (χ1v) is 8.56. The molecule has 0 aliphatic carbocycles. The first kappa shape index (κ1) is 17.3. The van der Waals surface area contributed by atoms with Crippen molar-refractivity contribution >= 4 is 50.1 Å². The standard InChI is InChI=1S/C18H19BrN4O2/c1-18(2,3)25-17(24)23-9-8-11-4-5-12(10-14(11)23)21-16-13(20)6-7-15(19)22-16/h4-10H,20H2,1-3H3,(H,21,22). The predicted octanol–water partition coefficient (Wildman–Crippen LogP) is 4.91. The molecule has 0 bridgehead atoms. The molecule has 0 amide bonds. The normalized spacial score (nSPS) is 11.5. The van der Waals surface area contributed by atoms with Crippen molar-refractivity contribution in [3.8, 4) is 0 Å². The monoisotopic (exact) mass is 402 g/mol. The first-order chi connectivity index (χ1) is 11.7. The van der Waals surface area contributed by atoms with Gasteiger partial charge in [0.1, 0.15) is 10.2 Å². The molecule has 6 nitrogen and oxygen atoms in total. The maximum absolute atomic E-state index is 12.4. The highest BCUT2D eigenvalue weighted by molar-refractivity contribution is 9.10. The fourth-order valence-corrected chi connectivity index (χ4v) is 2.67. The molecule has 0 fully saturated rings. The molecule has 0 aliphatic rings. The number of rotatable bonds is 2. The number of nitrogen functional groups attached to an aromatic ring is 1.